The van der Waals surface area contributed by atoms with Crippen molar-refractivity contribution in [3.05, 3.63) is 24.0 Å². The van der Waals surface area contributed by atoms with Gasteiger partial charge in [-0.3, -0.25) is 0 Å². The molecule has 0 aliphatic rings. The van der Waals surface area contributed by atoms with Crippen LogP contribution in [0.1, 0.15) is 12.6 Å². The van der Waals surface area contributed by atoms with Gasteiger partial charge in [-0.2, -0.15) is 18.3 Å². The van der Waals surface area contributed by atoms with Crippen molar-refractivity contribution in [3.63, 3.8) is 0 Å². The Morgan fingerprint density at radius 2 is 2.13 bits per heavy atom. The number of halogens is 3. The molecule has 0 spiro atoms. The zero-order valence-corrected chi connectivity index (χ0v) is 7.91. The summed E-state index contributed by atoms with van der Waals surface area (Å²) in [5, 5.41) is 3.56. The third-order valence-electron chi connectivity index (χ3n) is 2.08. The van der Waals surface area contributed by atoms with Crippen LogP contribution in [0.2, 0.25) is 0 Å². The van der Waals surface area contributed by atoms with Crippen molar-refractivity contribution < 1.29 is 13.2 Å². The highest BCUT2D eigenvalue weighted by Gasteiger charge is 2.36. The first-order chi connectivity index (χ1) is 7.04. The van der Waals surface area contributed by atoms with Crippen LogP contribution in [0.15, 0.2) is 18.3 Å². The maximum absolute atomic E-state index is 12.6. The average molecular weight is 215 g/mol. The zero-order valence-electron chi connectivity index (χ0n) is 7.91. The van der Waals surface area contributed by atoms with Crippen molar-refractivity contribution in [3.8, 4) is 0 Å². The van der Waals surface area contributed by atoms with Gasteiger partial charge in [-0.15, -0.1) is 0 Å². The molecule has 0 aliphatic heterocycles. The van der Waals surface area contributed by atoms with Crippen molar-refractivity contribution in [1.82, 2.24) is 14.8 Å². The number of hydrogen-bond acceptors (Lipinski definition) is 2. The Balaban J connectivity index is 2.76. The first kappa shape index (κ1) is 9.95. The molecule has 0 fully saturated rings. The van der Waals surface area contributed by atoms with E-state index in [0.717, 1.165) is 0 Å². The lowest BCUT2D eigenvalue weighted by molar-refractivity contribution is -0.140. The predicted octanol–water partition coefficient (Wildman–Crippen LogP) is 2.47. The smallest absolute Gasteiger partial charge is 0.247 e. The van der Waals surface area contributed by atoms with E-state index in [0.29, 0.717) is 6.54 Å². The molecule has 2 rings (SSSR count). The number of fused-ring (bicyclic) bond motifs is 1. The van der Waals surface area contributed by atoms with Gasteiger partial charge in [-0.1, -0.05) is 0 Å². The minimum atomic E-state index is -4.43. The number of alkyl halides is 3. The highest BCUT2D eigenvalue weighted by atomic mass is 19.4. The first-order valence-electron chi connectivity index (χ1n) is 4.42. The molecular formula is C9H8F3N3. The molecule has 6 heteroatoms. The standard InChI is InChI=1S/C9H8F3N3/c1-2-15-8-6(4-3-5-13-8)7(14-15)9(10,11)12/h3-5H,2H2,1H3. The summed E-state index contributed by atoms with van der Waals surface area (Å²) in [6, 6.07) is 2.85. The minimum Gasteiger partial charge on any atom is -0.247 e. The van der Waals surface area contributed by atoms with Crippen molar-refractivity contribution in [2.45, 2.75) is 19.6 Å². The summed E-state index contributed by atoms with van der Waals surface area (Å²) in [6.07, 6.45) is -2.97. The Hall–Kier alpha value is -1.59. The highest BCUT2D eigenvalue weighted by molar-refractivity contribution is 5.78. The number of nitrogens with zero attached hydrogens (tertiary/aromatic N) is 3. The van der Waals surface area contributed by atoms with Crippen molar-refractivity contribution in [2.75, 3.05) is 0 Å². The number of hydrogen-bond donors (Lipinski definition) is 0. The zero-order chi connectivity index (χ0) is 11.1. The van der Waals surface area contributed by atoms with Crippen LogP contribution in [0.4, 0.5) is 13.2 Å². The van der Waals surface area contributed by atoms with Gasteiger partial charge in [0.1, 0.15) is 0 Å². The first-order valence-corrected chi connectivity index (χ1v) is 4.42. The lowest BCUT2D eigenvalue weighted by atomic mass is 10.2. The largest absolute Gasteiger partial charge is 0.435 e. The summed E-state index contributed by atoms with van der Waals surface area (Å²) in [5.41, 5.74) is -0.597. The quantitative estimate of drug-likeness (QED) is 0.731. The third-order valence-corrected chi connectivity index (χ3v) is 2.08. The predicted molar refractivity (Wildman–Crippen MR) is 48.2 cm³/mol. The van der Waals surface area contributed by atoms with Gasteiger partial charge in [-0.05, 0) is 19.1 Å². The van der Waals surface area contributed by atoms with Gasteiger partial charge in [-0.25, -0.2) is 9.67 Å². The molecule has 0 unspecified atom stereocenters. The lowest BCUT2D eigenvalue weighted by Crippen LogP contribution is -2.07. The van der Waals surface area contributed by atoms with Crippen LogP contribution in [0, 0.1) is 0 Å². The summed E-state index contributed by atoms with van der Waals surface area (Å²) < 4.78 is 38.9. The van der Waals surface area contributed by atoms with E-state index in [1.807, 2.05) is 0 Å². The molecule has 15 heavy (non-hydrogen) atoms. The van der Waals surface area contributed by atoms with Crippen molar-refractivity contribution in [2.24, 2.45) is 0 Å². The molecule has 0 saturated carbocycles. The molecule has 3 nitrogen and oxygen atoms in total. The molecule has 2 aromatic rings. The van der Waals surface area contributed by atoms with E-state index in [1.165, 1.54) is 23.0 Å². The van der Waals surface area contributed by atoms with Crippen LogP contribution in [-0.2, 0) is 12.7 Å². The van der Waals surface area contributed by atoms with Crippen LogP contribution in [0.25, 0.3) is 11.0 Å². The van der Waals surface area contributed by atoms with E-state index in [2.05, 4.69) is 10.1 Å². The number of aromatic nitrogens is 3. The molecule has 0 bridgehead atoms. The summed E-state index contributed by atoms with van der Waals surface area (Å²) in [7, 11) is 0. The molecule has 0 aromatic carbocycles. The topological polar surface area (TPSA) is 30.7 Å². The van der Waals surface area contributed by atoms with Gasteiger partial charge in [0.15, 0.2) is 11.3 Å². The van der Waals surface area contributed by atoms with Crippen LogP contribution in [0.5, 0.6) is 0 Å². The average Bonchev–Trinajstić information content (AvgIpc) is 2.55. The van der Waals surface area contributed by atoms with Crippen LogP contribution < -0.4 is 0 Å². The number of pyridine rings is 1. The summed E-state index contributed by atoms with van der Waals surface area (Å²) in [5.74, 6) is 0. The third kappa shape index (κ3) is 1.55. The number of aryl methyl sites for hydroxylation is 1. The molecule has 0 aliphatic carbocycles. The van der Waals surface area contributed by atoms with Gasteiger partial charge in [0.05, 0.1) is 5.39 Å². The van der Waals surface area contributed by atoms with Gasteiger partial charge in [0.2, 0.25) is 0 Å². The van der Waals surface area contributed by atoms with E-state index in [9.17, 15) is 13.2 Å². The fraction of sp³-hybridized carbons (Fsp3) is 0.333. The maximum Gasteiger partial charge on any atom is 0.435 e. The fourth-order valence-electron chi connectivity index (χ4n) is 1.44. The van der Waals surface area contributed by atoms with E-state index >= 15 is 0 Å². The highest BCUT2D eigenvalue weighted by Crippen LogP contribution is 2.33. The normalized spacial score (nSPS) is 12.3. The second-order valence-corrected chi connectivity index (χ2v) is 3.04. The van der Waals surface area contributed by atoms with Gasteiger partial charge in [0, 0.05) is 12.7 Å². The molecule has 0 saturated heterocycles. The van der Waals surface area contributed by atoms with Crippen molar-refractivity contribution >= 4 is 11.0 Å². The van der Waals surface area contributed by atoms with Crippen LogP contribution >= 0.6 is 0 Å². The molecule has 0 atom stereocenters. The van der Waals surface area contributed by atoms with E-state index in [1.54, 1.807) is 6.92 Å². The van der Waals surface area contributed by atoms with E-state index < -0.39 is 11.9 Å². The van der Waals surface area contributed by atoms with Crippen molar-refractivity contribution in [1.29, 1.82) is 0 Å². The Kier molecular flexibility index (Phi) is 2.13. The molecule has 2 aromatic heterocycles. The van der Waals surface area contributed by atoms with E-state index in [-0.39, 0.29) is 11.0 Å². The second kappa shape index (κ2) is 3.22. The monoisotopic (exact) mass is 215 g/mol. The van der Waals surface area contributed by atoms with E-state index in [4.69, 9.17) is 0 Å². The fourth-order valence-corrected chi connectivity index (χ4v) is 1.44. The van der Waals surface area contributed by atoms with Crippen LogP contribution in [-0.4, -0.2) is 14.8 Å². The summed E-state index contributed by atoms with van der Waals surface area (Å²) in [4.78, 5) is 3.89. The molecular weight excluding hydrogens is 207 g/mol. The maximum atomic E-state index is 12.6. The Morgan fingerprint density at radius 1 is 1.40 bits per heavy atom. The molecule has 2 heterocycles. The van der Waals surface area contributed by atoms with Gasteiger partial charge >= 0.3 is 6.18 Å². The SMILES string of the molecule is CCn1nc(C(F)(F)F)c2cccnc21. The summed E-state index contributed by atoms with van der Waals surface area (Å²) in [6.45, 7) is 2.09. The number of rotatable bonds is 1. The Morgan fingerprint density at radius 3 is 2.73 bits per heavy atom. The lowest BCUT2D eigenvalue weighted by Gasteiger charge is -2.01. The molecule has 0 amide bonds. The molecule has 80 valence electrons. The van der Waals surface area contributed by atoms with Gasteiger partial charge in [0.25, 0.3) is 0 Å². The Bertz CT molecular complexity index is 487. The van der Waals surface area contributed by atoms with Crippen LogP contribution in [0.3, 0.4) is 0 Å². The van der Waals surface area contributed by atoms with Gasteiger partial charge < -0.3 is 0 Å². The Labute approximate surface area is 83.5 Å². The molecule has 0 N–H and O–H groups in total. The minimum absolute atomic E-state index is 0.0480. The molecule has 0 radical (unpaired) electrons. The summed E-state index contributed by atoms with van der Waals surface area (Å²) >= 11 is 0. The second-order valence-electron chi connectivity index (χ2n) is 3.04.